The predicted octanol–water partition coefficient (Wildman–Crippen LogP) is 1.38. The summed E-state index contributed by atoms with van der Waals surface area (Å²) in [5.74, 6) is -1.58. The highest BCUT2D eigenvalue weighted by molar-refractivity contribution is 8.16. The third-order valence-electron chi connectivity index (χ3n) is 2.50. The van der Waals surface area contributed by atoms with Gasteiger partial charge in [0.1, 0.15) is 11.3 Å². The first kappa shape index (κ1) is 16.0. The van der Waals surface area contributed by atoms with E-state index in [-0.39, 0.29) is 16.7 Å². The quantitative estimate of drug-likeness (QED) is 0.758. The molecule has 0 aromatic rings. The molecule has 2 atom stereocenters. The lowest BCUT2D eigenvalue weighted by Crippen LogP contribution is -2.46. The van der Waals surface area contributed by atoms with Crippen molar-refractivity contribution in [3.63, 3.8) is 0 Å². The highest BCUT2D eigenvalue weighted by atomic mass is 32.2. The van der Waals surface area contributed by atoms with Crippen LogP contribution in [0.15, 0.2) is 4.99 Å². The van der Waals surface area contributed by atoms with E-state index in [1.165, 1.54) is 11.8 Å². The Morgan fingerprint density at radius 1 is 1.53 bits per heavy atom. The van der Waals surface area contributed by atoms with Gasteiger partial charge in [-0.15, -0.1) is 0 Å². The SMILES string of the molecule is CCC1SC(C(=O)OC(C)(C)C)=NC1(N)CC(=O)O. The molecule has 6 nitrogen and oxygen atoms in total. The minimum absolute atomic E-state index is 0.158. The van der Waals surface area contributed by atoms with E-state index in [0.717, 1.165) is 0 Å². The third-order valence-corrected chi connectivity index (χ3v) is 4.01. The van der Waals surface area contributed by atoms with Gasteiger partial charge in [-0.25, -0.2) is 9.79 Å². The van der Waals surface area contributed by atoms with Gasteiger partial charge < -0.3 is 15.6 Å². The van der Waals surface area contributed by atoms with Crippen LogP contribution < -0.4 is 5.73 Å². The van der Waals surface area contributed by atoms with Crippen LogP contribution >= 0.6 is 11.8 Å². The molecule has 1 aliphatic rings. The standard InChI is InChI=1S/C12H20N2O4S/c1-5-7-12(13,6-8(15)16)14-9(19-7)10(17)18-11(2,3)4/h7H,5-6,13H2,1-4H3,(H,15,16). The van der Waals surface area contributed by atoms with E-state index >= 15 is 0 Å². The first-order valence-electron chi connectivity index (χ1n) is 6.08. The van der Waals surface area contributed by atoms with Crippen LogP contribution in [0, 0.1) is 0 Å². The number of carbonyl (C=O) groups is 2. The molecule has 19 heavy (non-hydrogen) atoms. The van der Waals surface area contributed by atoms with Gasteiger partial charge in [-0.05, 0) is 27.2 Å². The number of rotatable bonds is 4. The van der Waals surface area contributed by atoms with E-state index in [0.29, 0.717) is 6.42 Å². The summed E-state index contributed by atoms with van der Waals surface area (Å²) in [6, 6.07) is 0. The molecule has 0 amide bonds. The molecular weight excluding hydrogens is 268 g/mol. The monoisotopic (exact) mass is 288 g/mol. The fourth-order valence-corrected chi connectivity index (χ4v) is 2.91. The van der Waals surface area contributed by atoms with Gasteiger partial charge in [0.05, 0.1) is 6.42 Å². The third kappa shape index (κ3) is 4.21. The van der Waals surface area contributed by atoms with Crippen molar-refractivity contribution in [1.82, 2.24) is 0 Å². The summed E-state index contributed by atoms with van der Waals surface area (Å²) in [7, 11) is 0. The van der Waals surface area contributed by atoms with Crippen molar-refractivity contribution in [2.75, 3.05) is 0 Å². The Labute approximate surface area is 116 Å². The summed E-state index contributed by atoms with van der Waals surface area (Å²) in [5.41, 5.74) is 4.15. The molecule has 0 aliphatic carbocycles. The number of carboxylic acids is 1. The Bertz CT molecular complexity index is 416. The van der Waals surface area contributed by atoms with Crippen LogP contribution in [-0.4, -0.2) is 38.6 Å². The van der Waals surface area contributed by atoms with Gasteiger partial charge in [0, 0.05) is 5.25 Å². The Kier molecular flexibility index (Phi) is 4.63. The molecule has 0 radical (unpaired) electrons. The normalized spacial score (nSPS) is 27.0. The zero-order valence-electron chi connectivity index (χ0n) is 11.6. The lowest BCUT2D eigenvalue weighted by atomic mass is 10.0. The lowest BCUT2D eigenvalue weighted by molar-refractivity contribution is -0.146. The minimum atomic E-state index is -1.24. The highest BCUT2D eigenvalue weighted by Crippen LogP contribution is 2.37. The summed E-state index contributed by atoms with van der Waals surface area (Å²) < 4.78 is 5.22. The lowest BCUT2D eigenvalue weighted by Gasteiger charge is -2.25. The number of nitrogens with two attached hydrogens (primary N) is 1. The maximum absolute atomic E-state index is 11.9. The molecule has 0 fully saturated rings. The average molecular weight is 288 g/mol. The topological polar surface area (TPSA) is 102 Å². The summed E-state index contributed by atoms with van der Waals surface area (Å²) >= 11 is 1.20. The first-order valence-corrected chi connectivity index (χ1v) is 6.96. The molecule has 2 unspecified atom stereocenters. The largest absolute Gasteiger partial charge is 0.481 e. The second kappa shape index (κ2) is 5.50. The molecule has 0 aromatic heterocycles. The second-order valence-electron chi connectivity index (χ2n) is 5.50. The first-order chi connectivity index (χ1) is 8.57. The van der Waals surface area contributed by atoms with Crippen LogP contribution in [0.2, 0.25) is 0 Å². The molecular formula is C12H20N2O4S. The molecule has 0 saturated heterocycles. The number of hydrogen-bond acceptors (Lipinski definition) is 6. The summed E-state index contributed by atoms with van der Waals surface area (Å²) in [6.07, 6.45) is 0.328. The van der Waals surface area contributed by atoms with Gasteiger partial charge in [-0.3, -0.25) is 4.79 Å². The van der Waals surface area contributed by atoms with E-state index in [4.69, 9.17) is 15.6 Å². The van der Waals surface area contributed by atoms with E-state index in [2.05, 4.69) is 4.99 Å². The van der Waals surface area contributed by atoms with E-state index in [1.54, 1.807) is 20.8 Å². The van der Waals surface area contributed by atoms with Crippen molar-refractivity contribution >= 4 is 28.7 Å². The molecule has 7 heteroatoms. The molecule has 0 bridgehead atoms. The van der Waals surface area contributed by atoms with E-state index in [9.17, 15) is 9.59 Å². The smallest absolute Gasteiger partial charge is 0.363 e. The molecule has 108 valence electrons. The van der Waals surface area contributed by atoms with Crippen LogP contribution in [-0.2, 0) is 14.3 Å². The van der Waals surface area contributed by atoms with Crippen LogP contribution in [0.5, 0.6) is 0 Å². The van der Waals surface area contributed by atoms with Crippen LogP contribution in [0.25, 0.3) is 0 Å². The molecule has 0 spiro atoms. The molecule has 0 saturated carbocycles. The van der Waals surface area contributed by atoms with Crippen LogP contribution in [0.4, 0.5) is 0 Å². The Morgan fingerprint density at radius 3 is 2.53 bits per heavy atom. The van der Waals surface area contributed by atoms with Gasteiger partial charge in [0.15, 0.2) is 5.04 Å². The van der Waals surface area contributed by atoms with Crippen LogP contribution in [0.1, 0.15) is 40.5 Å². The summed E-state index contributed by atoms with van der Waals surface area (Å²) in [4.78, 5) is 26.9. The maximum atomic E-state index is 11.9. The van der Waals surface area contributed by atoms with Gasteiger partial charge in [0.2, 0.25) is 0 Å². The summed E-state index contributed by atoms with van der Waals surface area (Å²) in [6.45, 7) is 7.16. The molecule has 3 N–H and O–H groups in total. The molecule has 1 aliphatic heterocycles. The zero-order chi connectivity index (χ0) is 14.8. The number of carboxylic acid groups (broad SMARTS) is 1. The molecule has 1 heterocycles. The number of carbonyl (C=O) groups excluding carboxylic acids is 1. The number of aliphatic carboxylic acids is 1. The maximum Gasteiger partial charge on any atom is 0.363 e. The van der Waals surface area contributed by atoms with Gasteiger partial charge in [0.25, 0.3) is 0 Å². The number of thioether (sulfide) groups is 1. The highest BCUT2D eigenvalue weighted by Gasteiger charge is 2.45. The van der Waals surface area contributed by atoms with E-state index < -0.39 is 23.2 Å². The van der Waals surface area contributed by atoms with Crippen molar-refractivity contribution in [1.29, 1.82) is 0 Å². The van der Waals surface area contributed by atoms with Gasteiger partial charge >= 0.3 is 11.9 Å². The average Bonchev–Trinajstić information content (AvgIpc) is 2.51. The predicted molar refractivity (Wildman–Crippen MR) is 74.1 cm³/mol. The number of aliphatic imine (C=N–C) groups is 1. The van der Waals surface area contributed by atoms with Crippen molar-refractivity contribution in [2.24, 2.45) is 10.7 Å². The Morgan fingerprint density at radius 2 is 2.11 bits per heavy atom. The number of ether oxygens (including phenoxy) is 1. The van der Waals surface area contributed by atoms with Crippen molar-refractivity contribution in [2.45, 2.75) is 57.1 Å². The van der Waals surface area contributed by atoms with Crippen LogP contribution in [0.3, 0.4) is 0 Å². The van der Waals surface area contributed by atoms with E-state index in [1.807, 2.05) is 6.92 Å². The molecule has 1 rings (SSSR count). The number of esters is 1. The summed E-state index contributed by atoms with van der Waals surface area (Å²) in [5, 5.41) is 8.82. The van der Waals surface area contributed by atoms with Crippen molar-refractivity contribution < 1.29 is 19.4 Å². The number of nitrogens with zero attached hydrogens (tertiary/aromatic N) is 1. The van der Waals surface area contributed by atoms with Crippen molar-refractivity contribution in [3.05, 3.63) is 0 Å². The number of hydrogen-bond donors (Lipinski definition) is 2. The second-order valence-corrected chi connectivity index (χ2v) is 6.69. The fraction of sp³-hybridized carbons (Fsp3) is 0.750. The zero-order valence-corrected chi connectivity index (χ0v) is 12.4. The molecule has 0 aromatic carbocycles. The Balaban J connectivity index is 2.90. The fourth-order valence-electron chi connectivity index (χ4n) is 1.77. The van der Waals surface area contributed by atoms with Crippen molar-refractivity contribution in [3.8, 4) is 0 Å². The van der Waals surface area contributed by atoms with Gasteiger partial charge in [-0.2, -0.15) is 0 Å². The Hall–Kier alpha value is -1.08. The minimum Gasteiger partial charge on any atom is -0.481 e. The van der Waals surface area contributed by atoms with Gasteiger partial charge in [-0.1, -0.05) is 18.7 Å².